The van der Waals surface area contributed by atoms with Gasteiger partial charge in [-0.05, 0) is 24.6 Å². The van der Waals surface area contributed by atoms with Crippen LogP contribution >= 0.6 is 11.3 Å². The maximum absolute atomic E-state index is 13.1. The minimum atomic E-state index is -3.97. The molecule has 0 atom stereocenters. The van der Waals surface area contributed by atoms with Crippen LogP contribution in [-0.4, -0.2) is 27.6 Å². The molecule has 1 aromatic heterocycles. The van der Waals surface area contributed by atoms with Crippen molar-refractivity contribution in [1.29, 1.82) is 0 Å². The van der Waals surface area contributed by atoms with Gasteiger partial charge in [0.15, 0.2) is 5.03 Å². The van der Waals surface area contributed by atoms with Crippen LogP contribution in [0.15, 0.2) is 68.9 Å². The van der Waals surface area contributed by atoms with E-state index in [0.717, 1.165) is 22.5 Å². The van der Waals surface area contributed by atoms with Gasteiger partial charge in [-0.1, -0.05) is 66.3 Å². The number of thiazole rings is 1. The van der Waals surface area contributed by atoms with E-state index in [9.17, 15) is 16.8 Å². The molecular formula is C19H20N2O4S3. The lowest BCUT2D eigenvalue weighted by Crippen LogP contribution is -2.08. The van der Waals surface area contributed by atoms with Gasteiger partial charge in [0.2, 0.25) is 24.0 Å². The van der Waals surface area contributed by atoms with E-state index in [0.29, 0.717) is 6.54 Å². The van der Waals surface area contributed by atoms with Crippen LogP contribution in [0.2, 0.25) is 0 Å². The van der Waals surface area contributed by atoms with E-state index in [1.807, 2.05) is 37.3 Å². The van der Waals surface area contributed by atoms with Crippen LogP contribution in [0, 0.1) is 6.92 Å². The first-order valence-electron chi connectivity index (χ1n) is 8.57. The van der Waals surface area contributed by atoms with Crippen LogP contribution in [0.3, 0.4) is 0 Å². The third-order valence-corrected chi connectivity index (χ3v) is 9.13. The molecule has 0 radical (unpaired) electrons. The van der Waals surface area contributed by atoms with Gasteiger partial charge in [-0.15, -0.1) is 0 Å². The van der Waals surface area contributed by atoms with E-state index in [4.69, 9.17) is 0 Å². The topological polar surface area (TPSA) is 93.2 Å². The van der Waals surface area contributed by atoms with Crippen molar-refractivity contribution in [3.63, 3.8) is 0 Å². The van der Waals surface area contributed by atoms with Crippen molar-refractivity contribution in [1.82, 2.24) is 4.98 Å². The molecule has 1 N–H and O–H groups in total. The summed E-state index contributed by atoms with van der Waals surface area (Å²) in [6, 6.07) is 15.8. The van der Waals surface area contributed by atoms with E-state index >= 15 is 0 Å². The van der Waals surface area contributed by atoms with Gasteiger partial charge in [-0.2, -0.15) is 0 Å². The second-order valence-electron chi connectivity index (χ2n) is 6.17. The van der Waals surface area contributed by atoms with Crippen molar-refractivity contribution in [3.8, 4) is 0 Å². The molecule has 28 heavy (non-hydrogen) atoms. The molecular weight excluding hydrogens is 416 g/mol. The highest BCUT2D eigenvalue weighted by Crippen LogP contribution is 2.35. The average Bonchev–Trinajstić information content (AvgIpc) is 3.13. The fraction of sp³-hybridized carbons (Fsp3) is 0.211. The normalized spacial score (nSPS) is 12.1. The van der Waals surface area contributed by atoms with Gasteiger partial charge >= 0.3 is 0 Å². The Morgan fingerprint density at radius 2 is 1.61 bits per heavy atom. The molecule has 3 aromatic rings. The number of aromatic nitrogens is 1. The molecule has 0 saturated heterocycles. The summed E-state index contributed by atoms with van der Waals surface area (Å²) in [6.07, 6.45) is 0. The second kappa shape index (κ2) is 8.02. The molecule has 2 aromatic carbocycles. The van der Waals surface area contributed by atoms with E-state index in [1.165, 1.54) is 19.1 Å². The Kier molecular flexibility index (Phi) is 5.87. The van der Waals surface area contributed by atoms with Crippen molar-refractivity contribution >= 4 is 36.0 Å². The third kappa shape index (κ3) is 4.26. The second-order valence-corrected chi connectivity index (χ2v) is 11.5. The van der Waals surface area contributed by atoms with E-state index < -0.39 is 19.7 Å². The van der Waals surface area contributed by atoms with Crippen LogP contribution in [0.25, 0.3) is 0 Å². The summed E-state index contributed by atoms with van der Waals surface area (Å²) in [5.41, 5.74) is 1.86. The van der Waals surface area contributed by atoms with Gasteiger partial charge in [0, 0.05) is 6.54 Å². The van der Waals surface area contributed by atoms with Gasteiger partial charge in [-0.3, -0.25) is 0 Å². The summed E-state index contributed by atoms with van der Waals surface area (Å²) in [7, 11) is -7.60. The van der Waals surface area contributed by atoms with Crippen molar-refractivity contribution < 1.29 is 16.8 Å². The van der Waals surface area contributed by atoms with Crippen molar-refractivity contribution in [2.75, 3.05) is 11.1 Å². The first-order valence-corrected chi connectivity index (χ1v) is 12.5. The SMILES string of the molecule is CCS(=O)(=O)c1nc(S(=O)(=O)c2ccc(C)cc2)c(NCc2ccccc2)s1. The molecule has 1 heterocycles. The van der Waals surface area contributed by atoms with Crippen LogP contribution in [-0.2, 0) is 26.2 Å². The predicted molar refractivity (Wildman–Crippen MR) is 110 cm³/mol. The smallest absolute Gasteiger partial charge is 0.226 e. The Morgan fingerprint density at radius 1 is 0.964 bits per heavy atom. The molecule has 0 fully saturated rings. The standard InChI is InChI=1S/C19H20N2O4S3/c1-3-27(22,23)19-21-18(28(24,25)16-11-9-14(2)10-12-16)17(26-19)20-13-15-7-5-4-6-8-15/h4-12,20H,3,13H2,1-2H3. The van der Waals surface area contributed by atoms with Crippen molar-refractivity contribution in [2.24, 2.45) is 0 Å². The monoisotopic (exact) mass is 436 g/mol. The Hall–Kier alpha value is -2.23. The first kappa shape index (κ1) is 20.5. The van der Waals surface area contributed by atoms with E-state index in [-0.39, 0.29) is 25.0 Å². The zero-order chi connectivity index (χ0) is 20.4. The molecule has 0 aliphatic heterocycles. The van der Waals surface area contributed by atoms with Gasteiger partial charge in [0.05, 0.1) is 10.6 Å². The number of nitrogens with one attached hydrogen (secondary N) is 1. The lowest BCUT2D eigenvalue weighted by Gasteiger charge is -2.07. The molecule has 9 heteroatoms. The zero-order valence-electron chi connectivity index (χ0n) is 15.4. The fourth-order valence-electron chi connectivity index (χ4n) is 2.45. The van der Waals surface area contributed by atoms with Crippen LogP contribution < -0.4 is 5.32 Å². The van der Waals surface area contributed by atoms with Gasteiger partial charge in [0.25, 0.3) is 0 Å². The number of sulfone groups is 2. The third-order valence-electron chi connectivity index (χ3n) is 4.10. The Labute approximate surface area is 169 Å². The summed E-state index contributed by atoms with van der Waals surface area (Å²) in [4.78, 5) is 4.09. The van der Waals surface area contributed by atoms with Gasteiger partial charge in [0.1, 0.15) is 5.00 Å². The maximum Gasteiger partial charge on any atom is 0.226 e. The van der Waals surface area contributed by atoms with Crippen LogP contribution in [0.4, 0.5) is 5.00 Å². The predicted octanol–water partition coefficient (Wildman–Crippen LogP) is 3.69. The number of nitrogens with zero attached hydrogens (tertiary/aromatic N) is 1. The summed E-state index contributed by atoms with van der Waals surface area (Å²) >= 11 is 0.846. The van der Waals surface area contributed by atoms with Crippen LogP contribution in [0.5, 0.6) is 0 Å². The molecule has 0 aliphatic carbocycles. The van der Waals surface area contributed by atoms with E-state index in [2.05, 4.69) is 10.3 Å². The highest BCUT2D eigenvalue weighted by molar-refractivity contribution is 7.94. The highest BCUT2D eigenvalue weighted by atomic mass is 32.2. The van der Waals surface area contributed by atoms with Gasteiger partial charge in [-0.25, -0.2) is 21.8 Å². The Morgan fingerprint density at radius 3 is 2.21 bits per heavy atom. The van der Waals surface area contributed by atoms with Gasteiger partial charge < -0.3 is 5.32 Å². The molecule has 0 aliphatic rings. The largest absolute Gasteiger partial charge is 0.370 e. The number of rotatable bonds is 7. The first-order chi connectivity index (χ1) is 13.2. The quantitative estimate of drug-likeness (QED) is 0.607. The van der Waals surface area contributed by atoms with E-state index in [1.54, 1.807) is 12.1 Å². The zero-order valence-corrected chi connectivity index (χ0v) is 17.9. The van der Waals surface area contributed by atoms with Crippen molar-refractivity contribution in [3.05, 3.63) is 65.7 Å². The molecule has 0 saturated carbocycles. The number of anilines is 1. The number of benzene rings is 2. The minimum Gasteiger partial charge on any atom is -0.370 e. The molecule has 0 unspecified atom stereocenters. The summed E-state index contributed by atoms with van der Waals surface area (Å²) in [5, 5.41) is 3.00. The van der Waals surface area contributed by atoms with Crippen molar-refractivity contribution in [2.45, 2.75) is 34.7 Å². The summed E-state index contributed by atoms with van der Waals surface area (Å²) in [5.74, 6) is -0.150. The summed E-state index contributed by atoms with van der Waals surface area (Å²) in [6.45, 7) is 3.71. The number of hydrogen-bond donors (Lipinski definition) is 1. The van der Waals surface area contributed by atoms with Crippen LogP contribution in [0.1, 0.15) is 18.1 Å². The summed E-state index contributed by atoms with van der Waals surface area (Å²) < 4.78 is 50.6. The molecule has 6 nitrogen and oxygen atoms in total. The Bertz CT molecular complexity index is 1170. The molecule has 0 spiro atoms. The molecule has 0 bridgehead atoms. The molecule has 0 amide bonds. The molecule has 148 valence electrons. The highest BCUT2D eigenvalue weighted by Gasteiger charge is 2.29. The molecule has 3 rings (SSSR count). The minimum absolute atomic E-state index is 0.0756. The fourth-order valence-corrected chi connectivity index (χ4v) is 6.44. The Balaban J connectivity index is 2.06. The lowest BCUT2D eigenvalue weighted by atomic mass is 10.2. The lowest BCUT2D eigenvalue weighted by molar-refractivity contribution is 0.590. The average molecular weight is 437 g/mol. The number of hydrogen-bond acceptors (Lipinski definition) is 7. The maximum atomic E-state index is 13.1. The number of aryl methyl sites for hydroxylation is 1.